The van der Waals surface area contributed by atoms with Gasteiger partial charge in [-0.15, -0.1) is 0 Å². The monoisotopic (exact) mass is 345 g/mol. The van der Waals surface area contributed by atoms with Crippen LogP contribution in [-0.4, -0.2) is 24.9 Å². The van der Waals surface area contributed by atoms with Gasteiger partial charge in [0.15, 0.2) is 5.78 Å². The lowest BCUT2D eigenvalue weighted by Crippen LogP contribution is -2.25. The molecule has 0 atom stereocenters. The second kappa shape index (κ2) is 10.2. The molecule has 0 aliphatic heterocycles. The van der Waals surface area contributed by atoms with E-state index < -0.39 is 0 Å². The summed E-state index contributed by atoms with van der Waals surface area (Å²) in [6.45, 7) is 0.530. The van der Waals surface area contributed by atoms with Crippen molar-refractivity contribution in [3.05, 3.63) is 66.0 Å². The van der Waals surface area contributed by atoms with Gasteiger partial charge in [-0.05, 0) is 42.8 Å². The van der Waals surface area contributed by atoms with Crippen LogP contribution in [0.3, 0.4) is 0 Å². The molecule has 0 unspecified atom stereocenters. The SMILES string of the molecule is O=C(CCCC(=O)c1ccc(F)cc1)NOCCOc1ccccc1. The molecule has 25 heavy (non-hydrogen) atoms. The average molecular weight is 345 g/mol. The van der Waals surface area contributed by atoms with Crippen LogP contribution in [0.4, 0.5) is 4.39 Å². The molecule has 0 aliphatic rings. The number of rotatable bonds is 10. The van der Waals surface area contributed by atoms with Gasteiger partial charge >= 0.3 is 0 Å². The Bertz CT molecular complexity index is 674. The van der Waals surface area contributed by atoms with Gasteiger partial charge in [-0.3, -0.25) is 14.4 Å². The number of halogens is 1. The molecule has 1 N–H and O–H groups in total. The van der Waals surface area contributed by atoms with Gasteiger partial charge in [0.05, 0.1) is 0 Å². The summed E-state index contributed by atoms with van der Waals surface area (Å²) in [4.78, 5) is 28.5. The first-order valence-electron chi connectivity index (χ1n) is 8.02. The van der Waals surface area contributed by atoms with E-state index in [1.54, 1.807) is 0 Å². The molecule has 2 aromatic carbocycles. The van der Waals surface area contributed by atoms with Gasteiger partial charge in [-0.2, -0.15) is 0 Å². The zero-order valence-corrected chi connectivity index (χ0v) is 13.7. The smallest absolute Gasteiger partial charge is 0.243 e. The number of hydrogen-bond donors (Lipinski definition) is 1. The molecule has 0 aliphatic carbocycles. The quantitative estimate of drug-likeness (QED) is 0.408. The normalized spacial score (nSPS) is 10.3. The number of nitrogens with one attached hydrogen (secondary N) is 1. The van der Waals surface area contributed by atoms with E-state index in [0.717, 1.165) is 5.75 Å². The molecule has 0 aromatic heterocycles. The maximum atomic E-state index is 12.8. The first-order chi connectivity index (χ1) is 12.1. The summed E-state index contributed by atoms with van der Waals surface area (Å²) in [5.41, 5.74) is 2.75. The Kier molecular flexibility index (Phi) is 7.59. The Morgan fingerprint density at radius 2 is 1.64 bits per heavy atom. The molecule has 2 aromatic rings. The molecular weight excluding hydrogens is 325 g/mol. The van der Waals surface area contributed by atoms with Crippen LogP contribution >= 0.6 is 0 Å². The maximum absolute atomic E-state index is 12.8. The molecule has 0 spiro atoms. The number of benzene rings is 2. The topological polar surface area (TPSA) is 64.6 Å². The molecule has 0 radical (unpaired) electrons. The molecule has 0 bridgehead atoms. The molecule has 0 fully saturated rings. The molecule has 6 heteroatoms. The van der Waals surface area contributed by atoms with Crippen LogP contribution in [0.1, 0.15) is 29.6 Å². The number of hydroxylamine groups is 1. The molecule has 0 saturated carbocycles. The second-order valence-corrected chi connectivity index (χ2v) is 5.32. The minimum atomic E-state index is -0.385. The maximum Gasteiger partial charge on any atom is 0.243 e. The summed E-state index contributed by atoms with van der Waals surface area (Å²) in [6, 6.07) is 14.6. The summed E-state index contributed by atoms with van der Waals surface area (Å²) in [5.74, 6) is -0.0716. The summed E-state index contributed by atoms with van der Waals surface area (Å²) in [6.07, 6.45) is 0.786. The van der Waals surface area contributed by atoms with Crippen LogP contribution in [0.25, 0.3) is 0 Å². The third-order valence-corrected chi connectivity index (χ3v) is 3.36. The van der Waals surface area contributed by atoms with Crippen molar-refractivity contribution in [3.63, 3.8) is 0 Å². The number of Topliss-reactive ketones (excluding diaryl/α,β-unsaturated/α-hetero) is 1. The van der Waals surface area contributed by atoms with Crippen LogP contribution in [0.15, 0.2) is 54.6 Å². The third kappa shape index (κ3) is 7.14. The molecule has 1 amide bonds. The van der Waals surface area contributed by atoms with E-state index in [2.05, 4.69) is 5.48 Å². The zero-order valence-electron chi connectivity index (χ0n) is 13.7. The lowest BCUT2D eigenvalue weighted by molar-refractivity contribution is -0.134. The van der Waals surface area contributed by atoms with E-state index in [1.165, 1.54) is 24.3 Å². The molecule has 2 rings (SSSR count). The van der Waals surface area contributed by atoms with E-state index in [1.807, 2.05) is 30.3 Å². The minimum Gasteiger partial charge on any atom is -0.491 e. The van der Waals surface area contributed by atoms with Crippen molar-refractivity contribution < 1.29 is 23.6 Å². The highest BCUT2D eigenvalue weighted by atomic mass is 19.1. The number of carbonyl (C=O) groups is 2. The number of ether oxygens (including phenoxy) is 1. The van der Waals surface area contributed by atoms with E-state index >= 15 is 0 Å². The van der Waals surface area contributed by atoms with Gasteiger partial charge in [0.2, 0.25) is 5.91 Å². The molecule has 0 heterocycles. The van der Waals surface area contributed by atoms with E-state index in [0.29, 0.717) is 18.6 Å². The lowest BCUT2D eigenvalue weighted by Gasteiger charge is -2.07. The van der Waals surface area contributed by atoms with E-state index in [4.69, 9.17) is 9.57 Å². The van der Waals surface area contributed by atoms with Gasteiger partial charge in [0.25, 0.3) is 0 Å². The summed E-state index contributed by atoms with van der Waals surface area (Å²) >= 11 is 0. The Hall–Kier alpha value is -2.73. The average Bonchev–Trinajstić information content (AvgIpc) is 2.63. The van der Waals surface area contributed by atoms with Crippen LogP contribution < -0.4 is 10.2 Å². The largest absolute Gasteiger partial charge is 0.491 e. The molecule has 0 saturated heterocycles. The first kappa shape index (κ1) is 18.6. The Balaban J connectivity index is 1.53. The van der Waals surface area contributed by atoms with Gasteiger partial charge in [-0.25, -0.2) is 9.87 Å². The molecule has 5 nitrogen and oxygen atoms in total. The number of amides is 1. The predicted molar refractivity (Wildman–Crippen MR) is 90.6 cm³/mol. The van der Waals surface area contributed by atoms with Crippen molar-refractivity contribution in [1.82, 2.24) is 5.48 Å². The fourth-order valence-electron chi connectivity index (χ4n) is 2.09. The third-order valence-electron chi connectivity index (χ3n) is 3.36. The van der Waals surface area contributed by atoms with E-state index in [9.17, 15) is 14.0 Å². The van der Waals surface area contributed by atoms with Crippen LogP contribution in [0, 0.1) is 5.82 Å². The number of hydrogen-bond acceptors (Lipinski definition) is 4. The van der Waals surface area contributed by atoms with Crippen molar-refractivity contribution in [2.24, 2.45) is 0 Å². The second-order valence-electron chi connectivity index (χ2n) is 5.32. The minimum absolute atomic E-state index is 0.120. The van der Waals surface area contributed by atoms with Crippen molar-refractivity contribution in [1.29, 1.82) is 0 Å². The van der Waals surface area contributed by atoms with Gasteiger partial charge in [0.1, 0.15) is 24.8 Å². The highest BCUT2D eigenvalue weighted by Gasteiger charge is 2.08. The van der Waals surface area contributed by atoms with Crippen LogP contribution in [0.2, 0.25) is 0 Å². The number of carbonyl (C=O) groups excluding carboxylic acids is 2. The summed E-state index contributed by atoms with van der Waals surface area (Å²) in [7, 11) is 0. The molecular formula is C19H20FNO4. The van der Waals surface area contributed by atoms with Crippen LogP contribution in [0.5, 0.6) is 5.75 Å². The van der Waals surface area contributed by atoms with Crippen molar-refractivity contribution in [2.75, 3.05) is 13.2 Å². The van der Waals surface area contributed by atoms with Crippen molar-refractivity contribution in [2.45, 2.75) is 19.3 Å². The molecule has 132 valence electrons. The first-order valence-corrected chi connectivity index (χ1v) is 8.02. The summed E-state index contributed by atoms with van der Waals surface area (Å²) in [5, 5.41) is 0. The Morgan fingerprint density at radius 1 is 0.920 bits per heavy atom. The van der Waals surface area contributed by atoms with Gasteiger partial charge in [0, 0.05) is 18.4 Å². The Labute approximate surface area is 145 Å². The zero-order chi connectivity index (χ0) is 17.9. The highest BCUT2D eigenvalue weighted by Crippen LogP contribution is 2.09. The number of ketones is 1. The van der Waals surface area contributed by atoms with Gasteiger partial charge < -0.3 is 4.74 Å². The van der Waals surface area contributed by atoms with Gasteiger partial charge in [-0.1, -0.05) is 18.2 Å². The fourth-order valence-corrected chi connectivity index (χ4v) is 2.09. The standard InChI is InChI=1S/C19H20FNO4/c20-16-11-9-15(10-12-16)18(22)7-4-8-19(23)21-25-14-13-24-17-5-2-1-3-6-17/h1-3,5-6,9-12H,4,7-8,13-14H2,(H,21,23). The fraction of sp³-hybridized carbons (Fsp3) is 0.263. The number of para-hydroxylation sites is 1. The van der Waals surface area contributed by atoms with Crippen molar-refractivity contribution in [3.8, 4) is 5.75 Å². The van der Waals surface area contributed by atoms with Crippen LogP contribution in [-0.2, 0) is 9.63 Å². The Morgan fingerprint density at radius 3 is 2.36 bits per heavy atom. The lowest BCUT2D eigenvalue weighted by atomic mass is 10.1. The van der Waals surface area contributed by atoms with E-state index in [-0.39, 0.29) is 37.0 Å². The van der Waals surface area contributed by atoms with Crippen molar-refractivity contribution >= 4 is 11.7 Å². The highest BCUT2D eigenvalue weighted by molar-refractivity contribution is 5.96. The predicted octanol–water partition coefficient (Wildman–Crippen LogP) is 3.31. The summed E-state index contributed by atoms with van der Waals surface area (Å²) < 4.78 is 18.2.